The summed E-state index contributed by atoms with van der Waals surface area (Å²) in [6.45, 7) is 3.29. The molecule has 2 amide bonds. The Morgan fingerprint density at radius 1 is 1.08 bits per heavy atom. The smallest absolute Gasteiger partial charge is 0.257 e. The van der Waals surface area contributed by atoms with Gasteiger partial charge >= 0.3 is 0 Å². The summed E-state index contributed by atoms with van der Waals surface area (Å²) in [6.07, 6.45) is 0.791. The Morgan fingerprint density at radius 2 is 1.80 bits per heavy atom. The zero-order valence-electron chi connectivity index (χ0n) is 14.7. The molecular formula is C18H24N2O5. The van der Waals surface area contributed by atoms with Crippen molar-refractivity contribution in [2.45, 2.75) is 6.42 Å². The molecule has 2 fully saturated rings. The third kappa shape index (κ3) is 3.56. The standard InChI is InChI=1S/C18H24N2O5/c1-23-15-5-3-4-14(16(15)24-2)18(22)20-9-7-19(8-10-20)17(21)13-6-11-25-12-13/h3-5,13H,6-12H2,1-2H3. The van der Waals surface area contributed by atoms with Crippen molar-refractivity contribution in [3.05, 3.63) is 23.8 Å². The monoisotopic (exact) mass is 348 g/mol. The summed E-state index contributed by atoms with van der Waals surface area (Å²) < 4.78 is 15.9. The van der Waals surface area contributed by atoms with Gasteiger partial charge in [-0.15, -0.1) is 0 Å². The Hall–Kier alpha value is -2.28. The lowest BCUT2D eigenvalue weighted by Gasteiger charge is -2.36. The van der Waals surface area contributed by atoms with Crippen molar-refractivity contribution in [1.29, 1.82) is 0 Å². The Balaban J connectivity index is 1.65. The number of para-hydroxylation sites is 1. The topological polar surface area (TPSA) is 68.3 Å². The molecule has 2 saturated heterocycles. The van der Waals surface area contributed by atoms with Gasteiger partial charge in [0.05, 0.1) is 32.3 Å². The normalized spacial score (nSPS) is 20.5. The van der Waals surface area contributed by atoms with Gasteiger partial charge in [-0.1, -0.05) is 6.07 Å². The molecule has 0 bridgehead atoms. The second-order valence-corrected chi connectivity index (χ2v) is 6.22. The molecule has 2 heterocycles. The van der Waals surface area contributed by atoms with E-state index >= 15 is 0 Å². The second-order valence-electron chi connectivity index (χ2n) is 6.22. The van der Waals surface area contributed by atoms with Crippen LogP contribution in [0.5, 0.6) is 11.5 Å². The van der Waals surface area contributed by atoms with Crippen LogP contribution in [0.4, 0.5) is 0 Å². The van der Waals surface area contributed by atoms with Gasteiger partial charge in [-0.2, -0.15) is 0 Å². The quantitative estimate of drug-likeness (QED) is 0.813. The van der Waals surface area contributed by atoms with Gasteiger partial charge < -0.3 is 24.0 Å². The fourth-order valence-corrected chi connectivity index (χ4v) is 3.34. The minimum Gasteiger partial charge on any atom is -0.493 e. The van der Waals surface area contributed by atoms with Crippen LogP contribution < -0.4 is 9.47 Å². The Morgan fingerprint density at radius 3 is 2.40 bits per heavy atom. The van der Waals surface area contributed by atoms with E-state index in [0.717, 1.165) is 6.42 Å². The fourth-order valence-electron chi connectivity index (χ4n) is 3.34. The molecular weight excluding hydrogens is 324 g/mol. The molecule has 0 N–H and O–H groups in total. The second kappa shape index (κ2) is 7.74. The number of hydrogen-bond donors (Lipinski definition) is 0. The van der Waals surface area contributed by atoms with Crippen molar-refractivity contribution in [3.63, 3.8) is 0 Å². The number of benzene rings is 1. The molecule has 25 heavy (non-hydrogen) atoms. The maximum Gasteiger partial charge on any atom is 0.257 e. The molecule has 2 aliphatic rings. The van der Waals surface area contributed by atoms with Gasteiger partial charge in [0.1, 0.15) is 0 Å². The third-order valence-electron chi connectivity index (χ3n) is 4.79. The molecule has 2 aliphatic heterocycles. The van der Waals surface area contributed by atoms with Gasteiger partial charge in [0, 0.05) is 32.8 Å². The van der Waals surface area contributed by atoms with Crippen molar-refractivity contribution < 1.29 is 23.8 Å². The van der Waals surface area contributed by atoms with E-state index in [-0.39, 0.29) is 17.7 Å². The largest absolute Gasteiger partial charge is 0.493 e. The van der Waals surface area contributed by atoms with Crippen LogP contribution in [0.2, 0.25) is 0 Å². The first-order valence-electron chi connectivity index (χ1n) is 8.52. The minimum absolute atomic E-state index is 0.0271. The molecule has 0 saturated carbocycles. The van der Waals surface area contributed by atoms with Crippen molar-refractivity contribution in [2.75, 3.05) is 53.6 Å². The number of hydrogen-bond acceptors (Lipinski definition) is 5. The Labute approximate surface area is 147 Å². The first-order chi connectivity index (χ1) is 12.2. The molecule has 7 nitrogen and oxygen atoms in total. The van der Waals surface area contributed by atoms with Gasteiger partial charge in [0.25, 0.3) is 5.91 Å². The van der Waals surface area contributed by atoms with Crippen LogP contribution in [0.25, 0.3) is 0 Å². The molecule has 136 valence electrons. The fraction of sp³-hybridized carbons (Fsp3) is 0.556. The van der Waals surface area contributed by atoms with Gasteiger partial charge in [-0.3, -0.25) is 9.59 Å². The summed E-state index contributed by atoms with van der Waals surface area (Å²) in [4.78, 5) is 28.9. The number of piperazine rings is 1. The highest BCUT2D eigenvalue weighted by Gasteiger charge is 2.32. The average molecular weight is 348 g/mol. The predicted molar refractivity (Wildman–Crippen MR) is 91.0 cm³/mol. The lowest BCUT2D eigenvalue weighted by Crippen LogP contribution is -2.52. The number of methoxy groups -OCH3 is 2. The number of ether oxygens (including phenoxy) is 3. The number of carbonyl (C=O) groups is 2. The van der Waals surface area contributed by atoms with Crippen LogP contribution in [0.3, 0.4) is 0 Å². The first-order valence-corrected chi connectivity index (χ1v) is 8.52. The molecule has 1 aromatic carbocycles. The van der Waals surface area contributed by atoms with E-state index in [2.05, 4.69) is 0 Å². The number of nitrogens with zero attached hydrogens (tertiary/aromatic N) is 2. The summed E-state index contributed by atoms with van der Waals surface area (Å²) in [5.41, 5.74) is 0.478. The number of carbonyl (C=O) groups excluding carboxylic acids is 2. The van der Waals surface area contributed by atoms with Crippen LogP contribution in [-0.4, -0.2) is 75.2 Å². The Bertz CT molecular complexity index is 634. The van der Waals surface area contributed by atoms with E-state index in [1.165, 1.54) is 7.11 Å². The minimum atomic E-state index is -0.105. The number of rotatable bonds is 4. The molecule has 3 rings (SSSR count). The lowest BCUT2D eigenvalue weighted by molar-refractivity contribution is -0.137. The van der Waals surface area contributed by atoms with E-state index in [4.69, 9.17) is 14.2 Å². The SMILES string of the molecule is COc1cccc(C(=O)N2CCN(C(=O)C3CCOC3)CC2)c1OC. The van der Waals surface area contributed by atoms with Crippen molar-refractivity contribution in [2.24, 2.45) is 5.92 Å². The molecule has 0 aromatic heterocycles. The average Bonchev–Trinajstić information content (AvgIpc) is 3.21. The van der Waals surface area contributed by atoms with Gasteiger partial charge in [0.2, 0.25) is 5.91 Å². The van der Waals surface area contributed by atoms with Crippen LogP contribution in [0.1, 0.15) is 16.8 Å². The van der Waals surface area contributed by atoms with Gasteiger partial charge in [-0.25, -0.2) is 0 Å². The highest BCUT2D eigenvalue weighted by Crippen LogP contribution is 2.31. The molecule has 1 aromatic rings. The number of amides is 2. The first kappa shape index (κ1) is 17.5. The zero-order valence-corrected chi connectivity index (χ0v) is 14.7. The van der Waals surface area contributed by atoms with Crippen LogP contribution in [0, 0.1) is 5.92 Å². The summed E-state index contributed by atoms with van der Waals surface area (Å²) in [5, 5.41) is 0. The molecule has 0 aliphatic carbocycles. The van der Waals surface area contributed by atoms with E-state index in [0.29, 0.717) is 56.5 Å². The van der Waals surface area contributed by atoms with E-state index in [1.54, 1.807) is 30.2 Å². The van der Waals surface area contributed by atoms with Gasteiger partial charge in [0.15, 0.2) is 11.5 Å². The highest BCUT2D eigenvalue weighted by molar-refractivity contribution is 5.98. The van der Waals surface area contributed by atoms with Crippen molar-refractivity contribution >= 4 is 11.8 Å². The van der Waals surface area contributed by atoms with Crippen LogP contribution in [0.15, 0.2) is 18.2 Å². The van der Waals surface area contributed by atoms with E-state index < -0.39 is 0 Å². The summed E-state index contributed by atoms with van der Waals surface area (Å²) in [5.74, 6) is 0.983. The zero-order chi connectivity index (χ0) is 17.8. The predicted octanol–water partition coefficient (Wildman–Crippen LogP) is 1.02. The summed E-state index contributed by atoms with van der Waals surface area (Å²) in [6, 6.07) is 5.27. The summed E-state index contributed by atoms with van der Waals surface area (Å²) in [7, 11) is 3.07. The maximum absolute atomic E-state index is 12.8. The highest BCUT2D eigenvalue weighted by atomic mass is 16.5. The van der Waals surface area contributed by atoms with Crippen LogP contribution >= 0.6 is 0 Å². The van der Waals surface area contributed by atoms with Gasteiger partial charge in [-0.05, 0) is 18.6 Å². The summed E-state index contributed by atoms with van der Waals surface area (Å²) >= 11 is 0. The van der Waals surface area contributed by atoms with Crippen molar-refractivity contribution in [1.82, 2.24) is 9.80 Å². The van der Waals surface area contributed by atoms with Crippen molar-refractivity contribution in [3.8, 4) is 11.5 Å². The third-order valence-corrected chi connectivity index (χ3v) is 4.79. The molecule has 1 atom stereocenters. The lowest BCUT2D eigenvalue weighted by atomic mass is 10.1. The Kier molecular flexibility index (Phi) is 5.43. The molecule has 1 unspecified atom stereocenters. The molecule has 7 heteroatoms. The van der Waals surface area contributed by atoms with E-state index in [9.17, 15) is 9.59 Å². The van der Waals surface area contributed by atoms with E-state index in [1.807, 2.05) is 4.90 Å². The molecule has 0 spiro atoms. The van der Waals surface area contributed by atoms with Crippen LogP contribution in [-0.2, 0) is 9.53 Å². The molecule has 0 radical (unpaired) electrons. The maximum atomic E-state index is 12.8.